The largest absolute Gasteiger partial charge is 0.222 e. The molecule has 14 heteroatoms. The molecule has 0 spiro atoms. The Morgan fingerprint density at radius 2 is 0.733 bits per heavy atom. The highest BCUT2D eigenvalue weighted by molar-refractivity contribution is 8.02. The number of rotatable bonds is 9. The SMILES string of the molecule is [O-][Cl+3]([O-])([O-])[O-].[O-][Cl+3]([O-])([O-])[O-].c1cc[n+](CCSCCSCC[n+]2ccccc2)cc1. The van der Waals surface area contributed by atoms with Crippen LogP contribution in [0.1, 0.15) is 0 Å². The van der Waals surface area contributed by atoms with E-state index >= 15 is 0 Å². The predicted octanol–water partition coefficient (Wildman–Crippen LogP) is -7.08. The van der Waals surface area contributed by atoms with Crippen LogP contribution in [0.3, 0.4) is 0 Å². The van der Waals surface area contributed by atoms with Gasteiger partial charge in [0.25, 0.3) is 0 Å². The molecule has 0 N–H and O–H groups in total. The monoisotopic (exact) mass is 504 g/mol. The van der Waals surface area contributed by atoms with E-state index in [-0.39, 0.29) is 0 Å². The second kappa shape index (κ2) is 16.9. The summed E-state index contributed by atoms with van der Waals surface area (Å²) in [6.07, 6.45) is 8.53. The van der Waals surface area contributed by atoms with Gasteiger partial charge in [0.1, 0.15) is 0 Å². The number of aryl methyl sites for hydroxylation is 2. The van der Waals surface area contributed by atoms with Crippen LogP contribution in [0.15, 0.2) is 61.2 Å². The number of pyridine rings is 2. The molecule has 0 aromatic carbocycles. The molecule has 0 unspecified atom stereocenters. The van der Waals surface area contributed by atoms with Crippen molar-refractivity contribution in [3.05, 3.63) is 61.2 Å². The molecule has 0 radical (unpaired) electrons. The maximum absolute atomic E-state index is 8.49. The van der Waals surface area contributed by atoms with E-state index in [0.717, 1.165) is 13.1 Å². The fourth-order valence-corrected chi connectivity index (χ4v) is 3.86. The summed E-state index contributed by atoms with van der Waals surface area (Å²) in [5, 5.41) is 0. The molecular weight excluding hydrogens is 483 g/mol. The molecule has 2 rings (SSSR count). The molecule has 170 valence electrons. The second-order valence-electron chi connectivity index (χ2n) is 5.21. The van der Waals surface area contributed by atoms with Crippen molar-refractivity contribution in [3.63, 3.8) is 0 Å². The third-order valence-corrected chi connectivity index (χ3v) is 5.10. The highest BCUT2D eigenvalue weighted by atomic mass is 35.7. The van der Waals surface area contributed by atoms with Crippen molar-refractivity contribution in [1.82, 2.24) is 0 Å². The molecule has 0 atom stereocenters. The Morgan fingerprint density at radius 1 is 0.467 bits per heavy atom. The quantitative estimate of drug-likeness (QED) is 0.234. The summed E-state index contributed by atoms with van der Waals surface area (Å²) in [5.74, 6) is 4.89. The van der Waals surface area contributed by atoms with Crippen molar-refractivity contribution in [1.29, 1.82) is 0 Å². The van der Waals surface area contributed by atoms with Crippen LogP contribution in [-0.4, -0.2) is 23.0 Å². The van der Waals surface area contributed by atoms with E-state index in [9.17, 15) is 0 Å². The third-order valence-electron chi connectivity index (χ3n) is 2.91. The van der Waals surface area contributed by atoms with Gasteiger partial charge < -0.3 is 0 Å². The van der Waals surface area contributed by atoms with E-state index in [0.29, 0.717) is 0 Å². The molecule has 0 saturated carbocycles. The number of thioether (sulfide) groups is 2. The van der Waals surface area contributed by atoms with E-state index in [1.54, 1.807) is 0 Å². The van der Waals surface area contributed by atoms with Gasteiger partial charge in [-0.3, -0.25) is 0 Å². The molecule has 0 aliphatic heterocycles. The van der Waals surface area contributed by atoms with E-state index < -0.39 is 20.5 Å². The summed E-state index contributed by atoms with van der Waals surface area (Å²) in [6, 6.07) is 12.5. The van der Waals surface area contributed by atoms with Crippen molar-refractivity contribution in [2.24, 2.45) is 0 Å². The van der Waals surface area contributed by atoms with Crippen LogP contribution >= 0.6 is 23.5 Å². The standard InChI is InChI=1S/C16H22N2S2.2ClHO4/c1-3-7-17(8-4-1)11-13-19-15-16-20-14-12-18-9-5-2-6-10-18;2*2-1(3,4)5/h1-10H,11-16H2;2*(H,2,3,4,5)/q+2;;/p-2. The Balaban J connectivity index is 0.000000702. The number of aromatic nitrogens is 2. The van der Waals surface area contributed by atoms with E-state index in [1.807, 2.05) is 23.5 Å². The summed E-state index contributed by atoms with van der Waals surface area (Å²) >= 11 is 4.09. The first-order valence-electron chi connectivity index (χ1n) is 8.22. The third kappa shape index (κ3) is 27.3. The Morgan fingerprint density at radius 3 is 1.00 bits per heavy atom. The smallest absolute Gasteiger partial charge is 0.168 e. The first-order valence-corrected chi connectivity index (χ1v) is 13.0. The normalized spacial score (nSPS) is 11.1. The van der Waals surface area contributed by atoms with Gasteiger partial charge in [-0.05, 0) is 0 Å². The lowest BCUT2D eigenvalue weighted by Gasteiger charge is -2.17. The highest BCUT2D eigenvalue weighted by Crippen LogP contribution is 2.06. The van der Waals surface area contributed by atoms with Gasteiger partial charge in [-0.15, -0.1) is 20.5 Å². The molecular formula is C16H22Cl2N2O8S2. The number of nitrogens with zero attached hydrogens (tertiary/aromatic N) is 2. The fraction of sp³-hybridized carbons (Fsp3) is 0.375. The van der Waals surface area contributed by atoms with Crippen LogP contribution in [0.25, 0.3) is 0 Å². The molecule has 2 aromatic heterocycles. The molecule has 0 aliphatic carbocycles. The van der Waals surface area contributed by atoms with Crippen molar-refractivity contribution < 1.29 is 66.9 Å². The predicted molar refractivity (Wildman–Crippen MR) is 87.9 cm³/mol. The molecule has 0 saturated heterocycles. The van der Waals surface area contributed by atoms with Crippen LogP contribution in [0.5, 0.6) is 0 Å². The number of hydrogen-bond donors (Lipinski definition) is 0. The molecule has 0 amide bonds. The summed E-state index contributed by atoms with van der Waals surface area (Å²) in [5.41, 5.74) is 0. The maximum Gasteiger partial charge on any atom is 0.168 e. The highest BCUT2D eigenvalue weighted by Gasteiger charge is 2.00. The molecule has 10 nitrogen and oxygen atoms in total. The lowest BCUT2D eigenvalue weighted by atomic mass is 10.5. The molecule has 2 aromatic rings. The van der Waals surface area contributed by atoms with Gasteiger partial charge in [-0.25, -0.2) is 46.4 Å². The van der Waals surface area contributed by atoms with Gasteiger partial charge >= 0.3 is 0 Å². The fourth-order valence-electron chi connectivity index (χ4n) is 1.83. The Kier molecular flexibility index (Phi) is 16.5. The minimum absolute atomic E-state index is 1.11. The van der Waals surface area contributed by atoms with Crippen LogP contribution in [0, 0.1) is 20.5 Å². The van der Waals surface area contributed by atoms with Gasteiger partial charge in [0.2, 0.25) is 0 Å². The average Bonchev–Trinajstić information content (AvgIpc) is 2.63. The van der Waals surface area contributed by atoms with E-state index in [2.05, 4.69) is 70.3 Å². The zero-order chi connectivity index (χ0) is 22.9. The van der Waals surface area contributed by atoms with E-state index in [4.69, 9.17) is 37.3 Å². The number of halogens is 2. The lowest BCUT2D eigenvalue weighted by Crippen LogP contribution is -2.68. The van der Waals surface area contributed by atoms with Crippen LogP contribution in [0.4, 0.5) is 0 Å². The van der Waals surface area contributed by atoms with Crippen molar-refractivity contribution in [2.75, 3.05) is 23.0 Å². The van der Waals surface area contributed by atoms with Crippen molar-refractivity contribution in [3.8, 4) is 0 Å². The second-order valence-corrected chi connectivity index (χ2v) is 9.17. The van der Waals surface area contributed by atoms with Gasteiger partial charge in [-0.2, -0.15) is 23.5 Å². The van der Waals surface area contributed by atoms with Gasteiger partial charge in [-0.1, -0.05) is 12.1 Å². The Bertz CT molecular complexity index is 580. The molecule has 2 heterocycles. The summed E-state index contributed by atoms with van der Waals surface area (Å²) in [7, 11) is -9.89. The molecule has 30 heavy (non-hydrogen) atoms. The summed E-state index contributed by atoms with van der Waals surface area (Å²) < 4.78 is 72.4. The topological polar surface area (TPSA) is 192 Å². The van der Waals surface area contributed by atoms with Crippen LogP contribution in [-0.2, 0) is 13.1 Å². The first-order chi connectivity index (χ1) is 13.9. The van der Waals surface area contributed by atoms with Gasteiger partial charge in [0.15, 0.2) is 37.9 Å². The molecule has 0 aliphatic rings. The zero-order valence-corrected chi connectivity index (χ0v) is 18.9. The molecule has 0 bridgehead atoms. The van der Waals surface area contributed by atoms with E-state index in [1.165, 1.54) is 23.0 Å². The minimum Gasteiger partial charge on any atom is -0.222 e. The van der Waals surface area contributed by atoms with Crippen molar-refractivity contribution in [2.45, 2.75) is 13.1 Å². The lowest BCUT2D eigenvalue weighted by molar-refractivity contribution is -2.00. The number of hydrogen-bond acceptors (Lipinski definition) is 10. The minimum atomic E-state index is -4.94. The average molecular weight is 505 g/mol. The van der Waals surface area contributed by atoms with Crippen molar-refractivity contribution >= 4 is 23.5 Å². The van der Waals surface area contributed by atoms with Gasteiger partial charge in [0, 0.05) is 35.8 Å². The Labute approximate surface area is 187 Å². The summed E-state index contributed by atoms with van der Waals surface area (Å²) in [4.78, 5) is 0. The zero-order valence-electron chi connectivity index (χ0n) is 15.7. The molecule has 0 fully saturated rings. The van der Waals surface area contributed by atoms with Gasteiger partial charge in [0.05, 0.1) is 11.5 Å². The van der Waals surface area contributed by atoms with Crippen LogP contribution < -0.4 is 46.4 Å². The van der Waals surface area contributed by atoms with Crippen LogP contribution in [0.2, 0.25) is 0 Å². The first kappa shape index (κ1) is 29.3. The Hall–Kier alpha value is -0.740. The maximum atomic E-state index is 8.49. The summed E-state index contributed by atoms with van der Waals surface area (Å²) in [6.45, 7) is 2.21.